The van der Waals surface area contributed by atoms with E-state index in [1.807, 2.05) is 24.3 Å². The van der Waals surface area contributed by atoms with Gasteiger partial charge < -0.3 is 14.7 Å². The van der Waals surface area contributed by atoms with Crippen molar-refractivity contribution in [3.63, 3.8) is 0 Å². The summed E-state index contributed by atoms with van der Waals surface area (Å²) in [6.07, 6.45) is 5.51. The maximum absolute atomic E-state index is 10.3. The van der Waals surface area contributed by atoms with Gasteiger partial charge in [0.1, 0.15) is 5.75 Å². The molecule has 1 heterocycles. The summed E-state index contributed by atoms with van der Waals surface area (Å²) >= 11 is 5.94. The molecule has 0 saturated carbocycles. The van der Waals surface area contributed by atoms with Crippen molar-refractivity contribution in [2.24, 2.45) is 5.92 Å². The molecule has 1 aromatic rings. The summed E-state index contributed by atoms with van der Waals surface area (Å²) < 4.78 is 5.74. The lowest BCUT2D eigenvalue weighted by atomic mass is 9.91. The van der Waals surface area contributed by atoms with Crippen LogP contribution < -0.4 is 4.74 Å². The van der Waals surface area contributed by atoms with Gasteiger partial charge in [0.05, 0.1) is 12.7 Å². The average molecular weight is 362 g/mol. The first-order valence-electron chi connectivity index (χ1n) is 8.48. The van der Waals surface area contributed by atoms with Crippen molar-refractivity contribution < 1.29 is 9.84 Å². The molecule has 3 nitrogen and oxygen atoms in total. The first kappa shape index (κ1) is 20.6. The van der Waals surface area contributed by atoms with Gasteiger partial charge in [-0.2, -0.15) is 0 Å². The molecular weight excluding hydrogens is 333 g/mol. The van der Waals surface area contributed by atoms with Crippen LogP contribution in [-0.2, 0) is 0 Å². The third-order valence-corrected chi connectivity index (χ3v) is 4.67. The Hall–Kier alpha value is -0.480. The normalized spacial score (nSPS) is 21.7. The van der Waals surface area contributed by atoms with Crippen LogP contribution in [0.15, 0.2) is 24.3 Å². The lowest BCUT2D eigenvalue weighted by Gasteiger charge is -2.36. The summed E-state index contributed by atoms with van der Waals surface area (Å²) in [4.78, 5) is 2.40. The number of β-amino-alcohol motifs (C(OH)–C–C–N with tert-alkyl or cyclic N) is 1. The zero-order chi connectivity index (χ0) is 15.8. The highest BCUT2D eigenvalue weighted by molar-refractivity contribution is 6.30. The molecule has 2 rings (SSSR count). The summed E-state index contributed by atoms with van der Waals surface area (Å²) in [5.74, 6) is 1.15. The Morgan fingerprint density at radius 3 is 2.87 bits per heavy atom. The van der Waals surface area contributed by atoms with E-state index in [2.05, 4.69) is 11.8 Å². The molecule has 1 aliphatic rings. The van der Waals surface area contributed by atoms with Crippen LogP contribution in [0.5, 0.6) is 5.75 Å². The van der Waals surface area contributed by atoms with Gasteiger partial charge >= 0.3 is 0 Å². The Morgan fingerprint density at radius 2 is 2.17 bits per heavy atom. The summed E-state index contributed by atoms with van der Waals surface area (Å²) in [7, 11) is 0. The number of hydrogen-bond donors (Lipinski definition) is 1. The highest BCUT2D eigenvalue weighted by Gasteiger charge is 2.27. The van der Waals surface area contributed by atoms with E-state index in [0.29, 0.717) is 17.5 Å². The van der Waals surface area contributed by atoms with Crippen LogP contribution in [0, 0.1) is 5.92 Å². The minimum Gasteiger partial charge on any atom is -0.494 e. The van der Waals surface area contributed by atoms with Gasteiger partial charge in [0, 0.05) is 11.6 Å². The zero-order valence-corrected chi connectivity index (χ0v) is 15.5. The van der Waals surface area contributed by atoms with Gasteiger partial charge in [-0.25, -0.2) is 0 Å². The molecule has 5 heteroatoms. The molecule has 0 spiro atoms. The van der Waals surface area contributed by atoms with Crippen LogP contribution in [0.3, 0.4) is 0 Å². The SMILES string of the molecule is CCCCCN1CCC(CCOc2cccc(Cl)c2)[C@@H](O)C1.Cl. The van der Waals surface area contributed by atoms with Crippen molar-refractivity contribution in [3.05, 3.63) is 29.3 Å². The first-order chi connectivity index (χ1) is 10.7. The molecule has 1 aromatic carbocycles. The molecule has 1 N–H and O–H groups in total. The third kappa shape index (κ3) is 7.30. The van der Waals surface area contributed by atoms with Gasteiger partial charge in [0.2, 0.25) is 0 Å². The van der Waals surface area contributed by atoms with Crippen LogP contribution in [0.1, 0.15) is 39.0 Å². The van der Waals surface area contributed by atoms with Crippen molar-refractivity contribution in [2.75, 3.05) is 26.2 Å². The van der Waals surface area contributed by atoms with Gasteiger partial charge in [-0.15, -0.1) is 12.4 Å². The first-order valence-corrected chi connectivity index (χ1v) is 8.85. The Kier molecular flexibility index (Phi) is 9.96. The van der Waals surface area contributed by atoms with Crippen molar-refractivity contribution >= 4 is 24.0 Å². The highest BCUT2D eigenvalue weighted by Crippen LogP contribution is 2.23. The lowest BCUT2D eigenvalue weighted by Crippen LogP contribution is -2.44. The van der Waals surface area contributed by atoms with E-state index < -0.39 is 0 Å². The van der Waals surface area contributed by atoms with E-state index in [9.17, 15) is 5.11 Å². The summed E-state index contributed by atoms with van der Waals surface area (Å²) in [6.45, 7) is 5.89. The van der Waals surface area contributed by atoms with Crippen LogP contribution >= 0.6 is 24.0 Å². The van der Waals surface area contributed by atoms with Crippen LogP contribution in [-0.4, -0.2) is 42.4 Å². The number of nitrogens with zero attached hydrogens (tertiary/aromatic N) is 1. The number of piperidine rings is 1. The number of aliphatic hydroxyl groups excluding tert-OH is 1. The number of halogens is 2. The number of hydrogen-bond acceptors (Lipinski definition) is 3. The summed E-state index contributed by atoms with van der Waals surface area (Å²) in [5, 5.41) is 11.0. The van der Waals surface area contributed by atoms with Gasteiger partial charge in [-0.3, -0.25) is 0 Å². The van der Waals surface area contributed by atoms with Gasteiger partial charge in [-0.05, 0) is 56.5 Å². The van der Waals surface area contributed by atoms with Crippen LogP contribution in [0.4, 0.5) is 0 Å². The van der Waals surface area contributed by atoms with E-state index in [0.717, 1.165) is 38.2 Å². The molecule has 23 heavy (non-hydrogen) atoms. The number of unbranched alkanes of at least 4 members (excludes halogenated alkanes) is 2. The number of likely N-dealkylation sites (tertiary alicyclic amines) is 1. The maximum Gasteiger partial charge on any atom is 0.120 e. The third-order valence-electron chi connectivity index (χ3n) is 4.44. The summed E-state index contributed by atoms with van der Waals surface area (Å²) in [5.41, 5.74) is 0. The summed E-state index contributed by atoms with van der Waals surface area (Å²) in [6, 6.07) is 7.47. The monoisotopic (exact) mass is 361 g/mol. The second kappa shape index (κ2) is 11.1. The molecule has 2 atom stereocenters. The predicted octanol–water partition coefficient (Wildman–Crippen LogP) is 4.40. The minimum atomic E-state index is -0.224. The van der Waals surface area contributed by atoms with E-state index in [1.165, 1.54) is 19.3 Å². The van der Waals surface area contributed by atoms with Crippen molar-refractivity contribution in [2.45, 2.75) is 45.1 Å². The molecule has 1 aliphatic heterocycles. The standard InChI is InChI=1S/C18H28ClNO2.ClH/c1-2-3-4-10-20-11-8-15(18(21)14-20)9-12-22-17-7-5-6-16(19)13-17;/h5-7,13,15,18,21H,2-4,8-12,14H2,1H3;1H/t15?,18-;/m0./s1. The molecule has 132 valence electrons. The van der Waals surface area contributed by atoms with E-state index >= 15 is 0 Å². The Morgan fingerprint density at radius 1 is 1.35 bits per heavy atom. The fraction of sp³-hybridized carbons (Fsp3) is 0.667. The highest BCUT2D eigenvalue weighted by atomic mass is 35.5. The van der Waals surface area contributed by atoms with Gasteiger partial charge in [0.25, 0.3) is 0 Å². The minimum absolute atomic E-state index is 0. The average Bonchev–Trinajstić information content (AvgIpc) is 2.50. The molecule has 1 fully saturated rings. The molecule has 0 radical (unpaired) electrons. The van der Waals surface area contributed by atoms with E-state index in [1.54, 1.807) is 0 Å². The Labute approximate surface area is 151 Å². The van der Waals surface area contributed by atoms with Gasteiger partial charge in [-0.1, -0.05) is 37.4 Å². The second-order valence-corrected chi connectivity index (χ2v) is 6.65. The van der Waals surface area contributed by atoms with Crippen molar-refractivity contribution in [1.82, 2.24) is 4.90 Å². The molecule has 0 bridgehead atoms. The molecular formula is C18H29Cl2NO2. The smallest absolute Gasteiger partial charge is 0.120 e. The molecule has 1 unspecified atom stereocenters. The molecule has 0 amide bonds. The number of rotatable bonds is 8. The molecule has 0 aliphatic carbocycles. The Balaban J connectivity index is 0.00000264. The second-order valence-electron chi connectivity index (χ2n) is 6.22. The zero-order valence-electron chi connectivity index (χ0n) is 13.9. The number of aliphatic hydroxyl groups is 1. The van der Waals surface area contributed by atoms with Crippen molar-refractivity contribution in [3.8, 4) is 5.75 Å². The maximum atomic E-state index is 10.3. The fourth-order valence-corrected chi connectivity index (χ4v) is 3.24. The van der Waals surface area contributed by atoms with Crippen LogP contribution in [0.2, 0.25) is 5.02 Å². The Bertz CT molecular complexity index is 445. The fourth-order valence-electron chi connectivity index (χ4n) is 3.06. The predicted molar refractivity (Wildman–Crippen MR) is 98.9 cm³/mol. The van der Waals surface area contributed by atoms with E-state index in [4.69, 9.17) is 16.3 Å². The largest absolute Gasteiger partial charge is 0.494 e. The number of benzene rings is 1. The van der Waals surface area contributed by atoms with Gasteiger partial charge in [0.15, 0.2) is 0 Å². The van der Waals surface area contributed by atoms with E-state index in [-0.39, 0.29) is 18.5 Å². The van der Waals surface area contributed by atoms with Crippen LogP contribution in [0.25, 0.3) is 0 Å². The topological polar surface area (TPSA) is 32.7 Å². The molecule has 0 aromatic heterocycles. The lowest BCUT2D eigenvalue weighted by molar-refractivity contribution is 0.0129. The quantitative estimate of drug-likeness (QED) is 0.696. The number of ether oxygens (including phenoxy) is 1. The molecule has 1 saturated heterocycles. The van der Waals surface area contributed by atoms with Crippen molar-refractivity contribution in [1.29, 1.82) is 0 Å².